The zero-order valence-electron chi connectivity index (χ0n) is 13.6. The minimum absolute atomic E-state index is 0.159. The molecule has 1 N–H and O–H groups in total. The minimum atomic E-state index is -3.48. The van der Waals surface area contributed by atoms with Crippen molar-refractivity contribution in [2.75, 3.05) is 18.5 Å². The molecule has 7 heteroatoms. The monoisotopic (exact) mass is 345 g/mol. The molecule has 2 aromatic rings. The first-order valence-electron chi connectivity index (χ1n) is 7.79. The predicted molar refractivity (Wildman–Crippen MR) is 91.7 cm³/mol. The number of pyridine rings is 1. The van der Waals surface area contributed by atoms with Crippen molar-refractivity contribution in [2.24, 2.45) is 0 Å². The maximum Gasteiger partial charge on any atom is 0.276 e. The summed E-state index contributed by atoms with van der Waals surface area (Å²) >= 11 is 0. The average Bonchev–Trinajstić information content (AvgIpc) is 3.04. The quantitative estimate of drug-likeness (QED) is 0.916. The molecule has 0 unspecified atom stereocenters. The van der Waals surface area contributed by atoms with Crippen molar-refractivity contribution < 1.29 is 13.2 Å². The molecule has 0 bridgehead atoms. The Morgan fingerprint density at radius 3 is 2.79 bits per heavy atom. The van der Waals surface area contributed by atoms with Crippen LogP contribution < -0.4 is 9.62 Å². The third-order valence-electron chi connectivity index (χ3n) is 4.22. The second-order valence-corrected chi connectivity index (χ2v) is 7.49. The van der Waals surface area contributed by atoms with E-state index >= 15 is 0 Å². The van der Waals surface area contributed by atoms with Crippen molar-refractivity contribution in [3.63, 3.8) is 0 Å². The van der Waals surface area contributed by atoms with Crippen LogP contribution in [-0.2, 0) is 22.9 Å². The maximum atomic E-state index is 12.7. The molecule has 126 valence electrons. The molecule has 0 fully saturated rings. The number of sulfonamides is 1. The number of rotatable bonds is 4. The molecule has 0 aliphatic carbocycles. The molecule has 1 aliphatic heterocycles. The van der Waals surface area contributed by atoms with Crippen LogP contribution >= 0.6 is 0 Å². The summed E-state index contributed by atoms with van der Waals surface area (Å²) in [6.45, 7) is 2.55. The number of anilines is 1. The van der Waals surface area contributed by atoms with Gasteiger partial charge < -0.3 is 4.90 Å². The molecule has 1 aromatic carbocycles. The van der Waals surface area contributed by atoms with E-state index in [2.05, 4.69) is 9.71 Å². The van der Waals surface area contributed by atoms with Gasteiger partial charge in [0.1, 0.15) is 5.69 Å². The summed E-state index contributed by atoms with van der Waals surface area (Å²) in [6, 6.07) is 8.54. The first-order chi connectivity index (χ1) is 11.5. The Kier molecular flexibility index (Phi) is 4.38. The summed E-state index contributed by atoms with van der Waals surface area (Å²) in [7, 11) is -2.10. The third-order valence-corrected chi connectivity index (χ3v) is 5.63. The fourth-order valence-corrected chi connectivity index (χ4v) is 3.60. The van der Waals surface area contributed by atoms with Gasteiger partial charge in [-0.1, -0.05) is 6.92 Å². The summed E-state index contributed by atoms with van der Waals surface area (Å²) in [5.41, 5.74) is 3.07. The number of carbonyl (C=O) groups is 1. The summed E-state index contributed by atoms with van der Waals surface area (Å²) in [5, 5.41) is 0. The molecule has 0 saturated carbocycles. The number of amides is 1. The summed E-state index contributed by atoms with van der Waals surface area (Å²) in [4.78, 5) is 18.8. The lowest BCUT2D eigenvalue weighted by Crippen LogP contribution is -2.29. The van der Waals surface area contributed by atoms with Gasteiger partial charge >= 0.3 is 0 Å². The zero-order chi connectivity index (χ0) is 17.3. The molecule has 0 spiro atoms. The highest BCUT2D eigenvalue weighted by Crippen LogP contribution is 2.31. The SMILES string of the molecule is CCc1ccnc(C(=O)N2CCc3cc(S(=O)(=O)NC)ccc32)c1. The molecule has 0 atom stereocenters. The van der Waals surface area contributed by atoms with E-state index in [0.717, 1.165) is 23.2 Å². The van der Waals surface area contributed by atoms with Crippen LogP contribution in [0.15, 0.2) is 41.4 Å². The van der Waals surface area contributed by atoms with Gasteiger partial charge in [0, 0.05) is 18.4 Å². The number of benzene rings is 1. The van der Waals surface area contributed by atoms with E-state index in [9.17, 15) is 13.2 Å². The second-order valence-electron chi connectivity index (χ2n) is 5.61. The molecule has 6 nitrogen and oxygen atoms in total. The fourth-order valence-electron chi connectivity index (χ4n) is 2.82. The molecule has 0 radical (unpaired) electrons. The van der Waals surface area contributed by atoms with Gasteiger partial charge in [-0.2, -0.15) is 0 Å². The Bertz CT molecular complexity index is 894. The van der Waals surface area contributed by atoms with Crippen LogP contribution in [0, 0.1) is 0 Å². The molecule has 24 heavy (non-hydrogen) atoms. The van der Waals surface area contributed by atoms with Crippen molar-refractivity contribution in [1.29, 1.82) is 0 Å². The van der Waals surface area contributed by atoms with E-state index < -0.39 is 10.0 Å². The van der Waals surface area contributed by atoms with E-state index in [-0.39, 0.29) is 10.8 Å². The van der Waals surface area contributed by atoms with Gasteiger partial charge in [-0.3, -0.25) is 9.78 Å². The van der Waals surface area contributed by atoms with Crippen LogP contribution in [0.25, 0.3) is 0 Å². The predicted octanol–water partition coefficient (Wildman–Crippen LogP) is 1.75. The molecule has 1 aromatic heterocycles. The largest absolute Gasteiger partial charge is 0.306 e. The van der Waals surface area contributed by atoms with Gasteiger partial charge in [-0.25, -0.2) is 13.1 Å². The summed E-state index contributed by atoms with van der Waals surface area (Å²) in [6.07, 6.45) is 3.11. The number of carbonyl (C=O) groups excluding carboxylic acids is 1. The zero-order valence-corrected chi connectivity index (χ0v) is 14.4. The molecule has 3 rings (SSSR count). The molecule has 1 amide bonds. The smallest absolute Gasteiger partial charge is 0.276 e. The van der Waals surface area contributed by atoms with Crippen LogP contribution in [0.1, 0.15) is 28.5 Å². The van der Waals surface area contributed by atoms with Crippen LogP contribution in [0.4, 0.5) is 5.69 Å². The molecular weight excluding hydrogens is 326 g/mol. The van der Waals surface area contributed by atoms with Crippen LogP contribution in [0.3, 0.4) is 0 Å². The van der Waals surface area contributed by atoms with E-state index in [0.29, 0.717) is 18.7 Å². The Morgan fingerprint density at radius 2 is 2.08 bits per heavy atom. The molecule has 1 aliphatic rings. The lowest BCUT2D eigenvalue weighted by Gasteiger charge is -2.17. The first-order valence-corrected chi connectivity index (χ1v) is 9.28. The van der Waals surface area contributed by atoms with Crippen molar-refractivity contribution in [3.8, 4) is 0 Å². The maximum absolute atomic E-state index is 12.7. The first kappa shape index (κ1) is 16.6. The van der Waals surface area contributed by atoms with Crippen molar-refractivity contribution in [3.05, 3.63) is 53.3 Å². The third kappa shape index (κ3) is 2.92. The highest BCUT2D eigenvalue weighted by Gasteiger charge is 2.27. The number of nitrogens with one attached hydrogen (secondary N) is 1. The van der Waals surface area contributed by atoms with Gasteiger partial charge in [-0.05, 0) is 61.3 Å². The lowest BCUT2D eigenvalue weighted by molar-refractivity contribution is 0.0984. The van der Waals surface area contributed by atoms with Crippen LogP contribution in [0.2, 0.25) is 0 Å². The van der Waals surface area contributed by atoms with E-state index in [1.807, 2.05) is 13.0 Å². The number of nitrogens with zero attached hydrogens (tertiary/aromatic N) is 2. The minimum Gasteiger partial charge on any atom is -0.306 e. The lowest BCUT2D eigenvalue weighted by atomic mass is 10.1. The fraction of sp³-hybridized carbons (Fsp3) is 0.294. The van der Waals surface area contributed by atoms with Crippen molar-refractivity contribution in [2.45, 2.75) is 24.7 Å². The normalized spacial score (nSPS) is 13.8. The van der Waals surface area contributed by atoms with Crippen molar-refractivity contribution in [1.82, 2.24) is 9.71 Å². The summed E-state index contributed by atoms with van der Waals surface area (Å²) in [5.74, 6) is -0.159. The topological polar surface area (TPSA) is 79.4 Å². The standard InChI is InChI=1S/C17H19N3O3S/c1-3-12-6-8-19-15(10-12)17(21)20-9-7-13-11-14(4-5-16(13)20)24(22,23)18-2/h4-6,8,10-11,18H,3,7,9H2,1-2H3. The molecule has 2 heterocycles. The highest BCUT2D eigenvalue weighted by molar-refractivity contribution is 7.89. The van der Waals surface area contributed by atoms with E-state index in [1.54, 1.807) is 29.3 Å². The van der Waals surface area contributed by atoms with Crippen LogP contribution in [-0.4, -0.2) is 32.9 Å². The number of hydrogen-bond acceptors (Lipinski definition) is 4. The Labute approximate surface area is 141 Å². The second kappa shape index (κ2) is 6.33. The van der Waals surface area contributed by atoms with Gasteiger partial charge in [0.2, 0.25) is 10.0 Å². The van der Waals surface area contributed by atoms with Gasteiger partial charge in [0.05, 0.1) is 4.90 Å². The Hall–Kier alpha value is -2.25. The number of hydrogen-bond donors (Lipinski definition) is 1. The summed E-state index contributed by atoms with van der Waals surface area (Å²) < 4.78 is 26.1. The van der Waals surface area contributed by atoms with Gasteiger partial charge in [0.15, 0.2) is 0 Å². The van der Waals surface area contributed by atoms with Gasteiger partial charge in [0.25, 0.3) is 5.91 Å². The van der Waals surface area contributed by atoms with Crippen molar-refractivity contribution >= 4 is 21.6 Å². The van der Waals surface area contributed by atoms with E-state index in [4.69, 9.17) is 0 Å². The Morgan fingerprint density at radius 1 is 1.29 bits per heavy atom. The number of aryl methyl sites for hydroxylation is 1. The number of fused-ring (bicyclic) bond motifs is 1. The molecule has 0 saturated heterocycles. The highest BCUT2D eigenvalue weighted by atomic mass is 32.2. The van der Waals surface area contributed by atoms with Gasteiger partial charge in [-0.15, -0.1) is 0 Å². The van der Waals surface area contributed by atoms with E-state index in [1.165, 1.54) is 13.1 Å². The average molecular weight is 345 g/mol. The van der Waals surface area contributed by atoms with Crippen LogP contribution in [0.5, 0.6) is 0 Å². The number of aromatic nitrogens is 1. The Balaban J connectivity index is 1.93. The molecular formula is C17H19N3O3S.